The van der Waals surface area contributed by atoms with E-state index in [0.29, 0.717) is 16.4 Å². The summed E-state index contributed by atoms with van der Waals surface area (Å²) in [4.78, 5) is 7.80. The fourth-order valence-electron chi connectivity index (χ4n) is 5.64. The van der Waals surface area contributed by atoms with Crippen molar-refractivity contribution in [3.63, 3.8) is 0 Å². The van der Waals surface area contributed by atoms with Gasteiger partial charge >= 0.3 is 0 Å². The smallest absolute Gasteiger partial charge is 0.0125 e. The molecule has 4 rings (SSSR count). The van der Waals surface area contributed by atoms with Crippen LogP contribution in [0.1, 0.15) is 66.7 Å². The van der Waals surface area contributed by atoms with E-state index in [2.05, 4.69) is 61.7 Å². The Morgan fingerprint density at radius 1 is 0.815 bits per heavy atom. The van der Waals surface area contributed by atoms with Gasteiger partial charge < -0.3 is 15.1 Å². The molecule has 27 heavy (non-hydrogen) atoms. The van der Waals surface area contributed by atoms with Crippen molar-refractivity contribution in [2.75, 3.05) is 59.4 Å². The predicted molar refractivity (Wildman–Crippen MR) is 116 cm³/mol. The number of hydrogen-bond acceptors (Lipinski definition) is 4. The highest BCUT2D eigenvalue weighted by Gasteiger charge is 2.43. The van der Waals surface area contributed by atoms with Gasteiger partial charge in [0.25, 0.3) is 0 Å². The number of rotatable bonds is 1. The van der Waals surface area contributed by atoms with E-state index in [9.17, 15) is 0 Å². The molecule has 1 N–H and O–H groups in total. The van der Waals surface area contributed by atoms with Crippen molar-refractivity contribution in [3.05, 3.63) is 0 Å². The van der Waals surface area contributed by atoms with Crippen molar-refractivity contribution in [3.8, 4) is 0 Å². The minimum absolute atomic E-state index is 0.361. The first kappa shape index (κ1) is 21.5. The molecule has 4 heterocycles. The maximum atomic E-state index is 3.40. The standard InChI is InChI=1S/C13H26N2.C10H20N2/c1-12(2,3)15-9-7-13(11-15)6-5-8-14(4)10-13;1-9(2)12-5-3-10(4-6-12)7-11-8-10/h5-11H2,1-4H3;9,11H,3-8H2,1-2H3. The summed E-state index contributed by atoms with van der Waals surface area (Å²) in [6.45, 7) is 22.1. The van der Waals surface area contributed by atoms with Crippen LogP contribution in [-0.4, -0.2) is 85.7 Å². The quantitative estimate of drug-likeness (QED) is 0.756. The Hall–Kier alpha value is -0.160. The molecular formula is C23H46N4. The van der Waals surface area contributed by atoms with Crippen molar-refractivity contribution in [2.24, 2.45) is 10.8 Å². The molecule has 0 bridgehead atoms. The highest BCUT2D eigenvalue weighted by molar-refractivity contribution is 4.98. The molecule has 158 valence electrons. The Kier molecular flexibility index (Phi) is 6.62. The lowest BCUT2D eigenvalue weighted by Gasteiger charge is -2.49. The molecule has 0 amide bonds. The van der Waals surface area contributed by atoms with E-state index in [4.69, 9.17) is 0 Å². The maximum Gasteiger partial charge on any atom is 0.0125 e. The fraction of sp³-hybridized carbons (Fsp3) is 1.00. The number of hydrogen-bond donors (Lipinski definition) is 1. The lowest BCUT2D eigenvalue weighted by molar-refractivity contribution is 0.0418. The van der Waals surface area contributed by atoms with E-state index >= 15 is 0 Å². The Bertz CT molecular complexity index is 469. The second-order valence-electron chi connectivity index (χ2n) is 11.4. The molecule has 4 fully saturated rings. The van der Waals surface area contributed by atoms with Crippen LogP contribution in [0.4, 0.5) is 0 Å². The first-order valence-electron chi connectivity index (χ1n) is 11.5. The molecule has 2 spiro atoms. The van der Waals surface area contributed by atoms with Crippen molar-refractivity contribution in [1.29, 1.82) is 0 Å². The lowest BCUT2D eigenvalue weighted by Crippen LogP contribution is -2.58. The zero-order chi connectivity index (χ0) is 19.7. The van der Waals surface area contributed by atoms with Gasteiger partial charge in [0.05, 0.1) is 0 Å². The number of piperidine rings is 2. The third kappa shape index (κ3) is 5.26. The predicted octanol–water partition coefficient (Wildman–Crippen LogP) is 3.28. The number of nitrogens with one attached hydrogen (secondary N) is 1. The molecule has 4 aliphatic heterocycles. The Morgan fingerprint density at radius 2 is 1.44 bits per heavy atom. The summed E-state index contributed by atoms with van der Waals surface area (Å²) < 4.78 is 0. The Balaban J connectivity index is 0.000000159. The normalized spacial score (nSPS) is 32.6. The van der Waals surface area contributed by atoms with Gasteiger partial charge in [-0.2, -0.15) is 0 Å². The van der Waals surface area contributed by atoms with Gasteiger partial charge in [0.15, 0.2) is 0 Å². The average Bonchev–Trinajstić information content (AvgIpc) is 2.97. The second-order valence-corrected chi connectivity index (χ2v) is 11.4. The van der Waals surface area contributed by atoms with Crippen molar-refractivity contribution < 1.29 is 0 Å². The van der Waals surface area contributed by atoms with Gasteiger partial charge in [-0.05, 0) is 111 Å². The first-order valence-corrected chi connectivity index (χ1v) is 11.5. The molecule has 0 aromatic carbocycles. The third-order valence-electron chi connectivity index (χ3n) is 7.83. The highest BCUT2D eigenvalue weighted by atomic mass is 15.2. The molecule has 0 aromatic rings. The number of likely N-dealkylation sites (tertiary alicyclic amines) is 3. The van der Waals surface area contributed by atoms with Crippen LogP contribution in [0.3, 0.4) is 0 Å². The van der Waals surface area contributed by atoms with Crippen LogP contribution in [0.5, 0.6) is 0 Å². The summed E-state index contributed by atoms with van der Waals surface area (Å²) in [5, 5.41) is 3.40. The molecule has 0 saturated carbocycles. The Morgan fingerprint density at radius 3 is 1.89 bits per heavy atom. The van der Waals surface area contributed by atoms with Crippen molar-refractivity contribution in [2.45, 2.75) is 78.3 Å². The molecule has 0 radical (unpaired) electrons. The summed E-state index contributed by atoms with van der Waals surface area (Å²) in [6.07, 6.45) is 7.09. The van der Waals surface area contributed by atoms with Crippen LogP contribution in [-0.2, 0) is 0 Å². The summed E-state index contributed by atoms with van der Waals surface area (Å²) in [5.74, 6) is 0. The van der Waals surface area contributed by atoms with E-state index in [1.165, 1.54) is 84.5 Å². The van der Waals surface area contributed by atoms with Crippen molar-refractivity contribution >= 4 is 0 Å². The van der Waals surface area contributed by atoms with Gasteiger partial charge in [0.2, 0.25) is 0 Å². The molecule has 4 aliphatic rings. The molecule has 4 saturated heterocycles. The zero-order valence-corrected chi connectivity index (χ0v) is 19.1. The molecule has 1 atom stereocenters. The van der Waals surface area contributed by atoms with Crippen LogP contribution < -0.4 is 5.32 Å². The van der Waals surface area contributed by atoms with E-state index in [1.807, 2.05) is 0 Å². The summed E-state index contributed by atoms with van der Waals surface area (Å²) in [7, 11) is 2.28. The second kappa shape index (κ2) is 8.30. The SMILES string of the molecule is CC(C)N1CCC2(CC1)CNC2.CN1CCCC2(CCN(C(C)(C)C)C2)C1. The van der Waals surface area contributed by atoms with Crippen LogP contribution >= 0.6 is 0 Å². The third-order valence-corrected chi connectivity index (χ3v) is 7.83. The average molecular weight is 379 g/mol. The van der Waals surface area contributed by atoms with E-state index in [-0.39, 0.29) is 0 Å². The Labute approximate surface area is 169 Å². The van der Waals surface area contributed by atoms with Crippen molar-refractivity contribution in [1.82, 2.24) is 20.0 Å². The van der Waals surface area contributed by atoms with Crippen LogP contribution in [0.25, 0.3) is 0 Å². The molecule has 0 aromatic heterocycles. The molecular weight excluding hydrogens is 332 g/mol. The van der Waals surface area contributed by atoms with Crippen LogP contribution in [0, 0.1) is 10.8 Å². The summed E-state index contributed by atoms with van der Waals surface area (Å²) in [6, 6.07) is 0.746. The molecule has 4 heteroatoms. The van der Waals surface area contributed by atoms with Crippen LogP contribution in [0.15, 0.2) is 0 Å². The molecule has 0 aliphatic carbocycles. The topological polar surface area (TPSA) is 21.8 Å². The van der Waals surface area contributed by atoms with Gasteiger partial charge in [-0.1, -0.05) is 0 Å². The van der Waals surface area contributed by atoms with Gasteiger partial charge in [-0.15, -0.1) is 0 Å². The van der Waals surface area contributed by atoms with Gasteiger partial charge in [0.1, 0.15) is 0 Å². The van der Waals surface area contributed by atoms with E-state index < -0.39 is 0 Å². The van der Waals surface area contributed by atoms with Gasteiger partial charge in [-0.3, -0.25) is 4.90 Å². The minimum Gasteiger partial charge on any atom is -0.316 e. The first-order chi connectivity index (χ1) is 12.6. The minimum atomic E-state index is 0.361. The molecule has 1 unspecified atom stereocenters. The monoisotopic (exact) mass is 378 g/mol. The maximum absolute atomic E-state index is 3.40. The largest absolute Gasteiger partial charge is 0.316 e. The summed E-state index contributed by atoms with van der Waals surface area (Å²) in [5.41, 5.74) is 1.70. The van der Waals surface area contributed by atoms with Crippen LogP contribution in [0.2, 0.25) is 0 Å². The number of nitrogens with zero attached hydrogens (tertiary/aromatic N) is 3. The highest BCUT2D eigenvalue weighted by Crippen LogP contribution is 2.40. The lowest BCUT2D eigenvalue weighted by atomic mass is 9.73. The van der Waals surface area contributed by atoms with E-state index in [1.54, 1.807) is 0 Å². The summed E-state index contributed by atoms with van der Waals surface area (Å²) >= 11 is 0. The van der Waals surface area contributed by atoms with Gasteiger partial charge in [-0.25, -0.2) is 0 Å². The van der Waals surface area contributed by atoms with Gasteiger partial charge in [0, 0.05) is 37.8 Å². The van der Waals surface area contributed by atoms with E-state index in [0.717, 1.165) is 6.04 Å². The zero-order valence-electron chi connectivity index (χ0n) is 19.1. The fourth-order valence-corrected chi connectivity index (χ4v) is 5.64. The molecule has 4 nitrogen and oxygen atoms in total.